The van der Waals surface area contributed by atoms with E-state index < -0.39 is 0 Å². The van der Waals surface area contributed by atoms with Crippen molar-refractivity contribution in [3.05, 3.63) is 34.9 Å². The first-order chi connectivity index (χ1) is 5.72. The molecule has 0 spiro atoms. The van der Waals surface area contributed by atoms with Crippen LogP contribution in [0.25, 0.3) is 0 Å². The molecule has 0 amide bonds. The molecule has 2 N–H and O–H groups in total. The molecule has 1 aromatic carbocycles. The summed E-state index contributed by atoms with van der Waals surface area (Å²) in [4.78, 5) is 4.65. The number of nitrogens with two attached hydrogens (primary N) is 1. The fourth-order valence-electron chi connectivity index (χ4n) is 1.00. The first-order valence-electron chi connectivity index (χ1n) is 3.82. The van der Waals surface area contributed by atoms with Crippen molar-refractivity contribution in [3.8, 4) is 0 Å². The van der Waals surface area contributed by atoms with Crippen LogP contribution in [-0.2, 0) is 11.3 Å². The Morgan fingerprint density at radius 1 is 1.42 bits per heavy atom. The molecule has 0 aliphatic heterocycles. The van der Waals surface area contributed by atoms with E-state index in [-0.39, 0.29) is 6.10 Å². The van der Waals surface area contributed by atoms with Gasteiger partial charge in [0.15, 0.2) is 0 Å². The maximum Gasteiger partial charge on any atom is 0.0799 e. The summed E-state index contributed by atoms with van der Waals surface area (Å²) in [6.45, 7) is 1.93. The lowest BCUT2D eigenvalue weighted by Gasteiger charge is -2.07. The van der Waals surface area contributed by atoms with Crippen LogP contribution < -0.4 is 5.90 Å². The van der Waals surface area contributed by atoms with E-state index in [0.717, 1.165) is 11.4 Å². The second-order valence-corrected chi connectivity index (χ2v) is 3.21. The summed E-state index contributed by atoms with van der Waals surface area (Å²) in [7, 11) is 0. The second kappa shape index (κ2) is 4.45. The van der Waals surface area contributed by atoms with Crippen molar-refractivity contribution in [2.45, 2.75) is 19.4 Å². The summed E-state index contributed by atoms with van der Waals surface area (Å²) in [5.41, 5.74) is 1.18. The van der Waals surface area contributed by atoms with E-state index in [1.54, 1.807) is 0 Å². The molecule has 1 rings (SSSR count). The van der Waals surface area contributed by atoms with Crippen molar-refractivity contribution in [3.63, 3.8) is 0 Å². The molecule has 0 aromatic heterocycles. The first-order valence-corrected chi connectivity index (χ1v) is 4.20. The Morgan fingerprint density at radius 2 is 2.00 bits per heavy atom. The van der Waals surface area contributed by atoms with Crippen LogP contribution >= 0.6 is 11.6 Å². The molecule has 1 atom stereocenters. The first kappa shape index (κ1) is 9.52. The van der Waals surface area contributed by atoms with Gasteiger partial charge in [-0.15, -0.1) is 0 Å². The van der Waals surface area contributed by atoms with E-state index in [1.165, 1.54) is 5.56 Å². The molecular weight excluding hydrogens is 174 g/mol. The van der Waals surface area contributed by atoms with Gasteiger partial charge in [-0.2, -0.15) is 0 Å². The van der Waals surface area contributed by atoms with E-state index in [2.05, 4.69) is 4.84 Å². The van der Waals surface area contributed by atoms with Gasteiger partial charge in [-0.05, 0) is 24.6 Å². The van der Waals surface area contributed by atoms with Crippen LogP contribution in [0.1, 0.15) is 12.5 Å². The predicted molar refractivity (Wildman–Crippen MR) is 49.9 cm³/mol. The standard InChI is InChI=1S/C9H12ClNO/c1-7(12-11)6-8-2-4-9(10)5-3-8/h2-5,7H,6,11H2,1H3. The van der Waals surface area contributed by atoms with E-state index >= 15 is 0 Å². The highest BCUT2D eigenvalue weighted by molar-refractivity contribution is 6.30. The maximum atomic E-state index is 5.73. The molecule has 0 saturated carbocycles. The van der Waals surface area contributed by atoms with Crippen LogP contribution in [0.2, 0.25) is 5.02 Å². The van der Waals surface area contributed by atoms with Crippen molar-refractivity contribution < 1.29 is 4.84 Å². The predicted octanol–water partition coefficient (Wildman–Crippen LogP) is 2.16. The molecular formula is C9H12ClNO. The molecule has 3 heteroatoms. The third-order valence-electron chi connectivity index (χ3n) is 1.67. The number of benzene rings is 1. The lowest BCUT2D eigenvalue weighted by Crippen LogP contribution is -2.15. The minimum Gasteiger partial charge on any atom is -0.301 e. The van der Waals surface area contributed by atoms with E-state index in [4.69, 9.17) is 17.5 Å². The second-order valence-electron chi connectivity index (χ2n) is 2.78. The Labute approximate surface area is 77.2 Å². The van der Waals surface area contributed by atoms with Gasteiger partial charge >= 0.3 is 0 Å². The Balaban J connectivity index is 2.58. The van der Waals surface area contributed by atoms with E-state index in [9.17, 15) is 0 Å². The maximum absolute atomic E-state index is 5.73. The summed E-state index contributed by atoms with van der Waals surface area (Å²) in [5, 5.41) is 0.750. The van der Waals surface area contributed by atoms with Gasteiger partial charge in [0.25, 0.3) is 0 Å². The highest BCUT2D eigenvalue weighted by Crippen LogP contribution is 2.11. The minimum atomic E-state index is 0.0474. The highest BCUT2D eigenvalue weighted by atomic mass is 35.5. The van der Waals surface area contributed by atoms with Crippen molar-refractivity contribution in [1.29, 1.82) is 0 Å². The lowest BCUT2D eigenvalue weighted by atomic mass is 10.1. The third-order valence-corrected chi connectivity index (χ3v) is 1.92. The van der Waals surface area contributed by atoms with Crippen LogP contribution in [-0.4, -0.2) is 6.10 Å². The topological polar surface area (TPSA) is 35.2 Å². The molecule has 1 unspecified atom stereocenters. The van der Waals surface area contributed by atoms with Gasteiger partial charge in [0.1, 0.15) is 0 Å². The average molecular weight is 186 g/mol. The molecule has 0 heterocycles. The van der Waals surface area contributed by atoms with E-state index in [1.807, 2.05) is 31.2 Å². The molecule has 2 nitrogen and oxygen atoms in total. The molecule has 0 saturated heterocycles. The van der Waals surface area contributed by atoms with Crippen molar-refractivity contribution in [2.75, 3.05) is 0 Å². The van der Waals surface area contributed by atoms with Gasteiger partial charge in [0.2, 0.25) is 0 Å². The fourth-order valence-corrected chi connectivity index (χ4v) is 1.13. The molecule has 0 aliphatic carbocycles. The van der Waals surface area contributed by atoms with Gasteiger partial charge in [-0.1, -0.05) is 23.7 Å². The summed E-state index contributed by atoms with van der Waals surface area (Å²) < 4.78 is 0. The summed E-state index contributed by atoms with van der Waals surface area (Å²) in [6.07, 6.45) is 0.861. The van der Waals surface area contributed by atoms with Crippen molar-refractivity contribution in [1.82, 2.24) is 0 Å². The Kier molecular flexibility index (Phi) is 3.53. The van der Waals surface area contributed by atoms with E-state index in [0.29, 0.717) is 0 Å². The zero-order chi connectivity index (χ0) is 8.97. The molecule has 66 valence electrons. The molecule has 1 aromatic rings. The van der Waals surface area contributed by atoms with Crippen LogP contribution in [0.3, 0.4) is 0 Å². The Hall–Kier alpha value is -0.570. The number of halogens is 1. The largest absolute Gasteiger partial charge is 0.301 e. The minimum absolute atomic E-state index is 0.0474. The van der Waals surface area contributed by atoms with Gasteiger partial charge < -0.3 is 4.84 Å². The molecule has 12 heavy (non-hydrogen) atoms. The van der Waals surface area contributed by atoms with Gasteiger partial charge in [-0.3, -0.25) is 0 Å². The van der Waals surface area contributed by atoms with Gasteiger partial charge in [-0.25, -0.2) is 5.90 Å². The average Bonchev–Trinajstić information content (AvgIpc) is 2.09. The van der Waals surface area contributed by atoms with Gasteiger partial charge in [0.05, 0.1) is 6.10 Å². The highest BCUT2D eigenvalue weighted by Gasteiger charge is 2.01. The van der Waals surface area contributed by atoms with Gasteiger partial charge in [0, 0.05) is 11.4 Å². The number of hydrogen-bond donors (Lipinski definition) is 1. The monoisotopic (exact) mass is 185 g/mol. The smallest absolute Gasteiger partial charge is 0.0799 e. The summed E-state index contributed by atoms with van der Waals surface area (Å²) >= 11 is 5.73. The Morgan fingerprint density at radius 3 is 2.50 bits per heavy atom. The van der Waals surface area contributed by atoms with Crippen molar-refractivity contribution in [2.24, 2.45) is 5.90 Å². The number of hydrogen-bond acceptors (Lipinski definition) is 2. The van der Waals surface area contributed by atoms with Crippen LogP contribution in [0.5, 0.6) is 0 Å². The van der Waals surface area contributed by atoms with Crippen LogP contribution in [0.4, 0.5) is 0 Å². The van der Waals surface area contributed by atoms with Crippen LogP contribution in [0, 0.1) is 0 Å². The SMILES string of the molecule is CC(Cc1ccc(Cl)cc1)ON. The third kappa shape index (κ3) is 2.81. The molecule has 0 aliphatic rings. The number of rotatable bonds is 3. The fraction of sp³-hybridized carbons (Fsp3) is 0.333. The van der Waals surface area contributed by atoms with Crippen molar-refractivity contribution >= 4 is 11.6 Å². The molecule has 0 radical (unpaired) electrons. The zero-order valence-electron chi connectivity index (χ0n) is 6.96. The summed E-state index contributed by atoms with van der Waals surface area (Å²) in [6, 6.07) is 7.66. The van der Waals surface area contributed by atoms with Crippen LogP contribution in [0.15, 0.2) is 24.3 Å². The quantitative estimate of drug-likeness (QED) is 0.733. The summed E-state index contributed by atoms with van der Waals surface area (Å²) in [5.74, 6) is 5.02. The normalized spacial score (nSPS) is 12.9. The Bertz CT molecular complexity index is 235. The molecule has 0 fully saturated rings. The molecule has 0 bridgehead atoms. The zero-order valence-corrected chi connectivity index (χ0v) is 7.71. The lowest BCUT2D eigenvalue weighted by molar-refractivity contribution is 0.0671.